The molecule has 0 spiro atoms. The number of methoxy groups -OCH3 is 1. The number of ether oxygens (including phenoxy) is 2. The van der Waals surface area contributed by atoms with Gasteiger partial charge in [-0.2, -0.15) is 0 Å². The summed E-state index contributed by atoms with van der Waals surface area (Å²) < 4.78 is 10.3. The Bertz CT molecular complexity index is 687. The van der Waals surface area contributed by atoms with Gasteiger partial charge in [0, 0.05) is 11.6 Å². The van der Waals surface area contributed by atoms with E-state index in [0.29, 0.717) is 18.0 Å². The van der Waals surface area contributed by atoms with Crippen LogP contribution < -0.4 is 9.64 Å². The van der Waals surface area contributed by atoms with E-state index < -0.39 is 12.1 Å². The third kappa shape index (κ3) is 2.80. The van der Waals surface area contributed by atoms with Gasteiger partial charge in [-0.1, -0.05) is 12.1 Å². The lowest BCUT2D eigenvalue weighted by atomic mass is 10.1. The van der Waals surface area contributed by atoms with Crippen molar-refractivity contribution >= 4 is 28.9 Å². The van der Waals surface area contributed by atoms with E-state index >= 15 is 0 Å². The highest BCUT2D eigenvalue weighted by Crippen LogP contribution is 2.35. The Morgan fingerprint density at radius 1 is 1.45 bits per heavy atom. The van der Waals surface area contributed by atoms with E-state index in [1.165, 1.54) is 18.4 Å². The molecule has 114 valence electrons. The van der Waals surface area contributed by atoms with Crippen molar-refractivity contribution < 1.29 is 19.1 Å². The minimum absolute atomic E-state index is 0.113. The Morgan fingerprint density at radius 3 is 3.00 bits per heavy atom. The molecule has 0 fully saturated rings. The summed E-state index contributed by atoms with van der Waals surface area (Å²) in [5.74, 6) is -0.168. The van der Waals surface area contributed by atoms with Crippen LogP contribution in [-0.4, -0.2) is 30.1 Å². The van der Waals surface area contributed by atoms with Crippen molar-refractivity contribution in [2.45, 2.75) is 19.1 Å². The molecule has 0 saturated carbocycles. The van der Waals surface area contributed by atoms with Gasteiger partial charge < -0.3 is 9.47 Å². The van der Waals surface area contributed by atoms with E-state index in [4.69, 9.17) is 4.74 Å². The van der Waals surface area contributed by atoms with Crippen LogP contribution in [0.25, 0.3) is 0 Å². The number of rotatable bonds is 4. The molecule has 0 saturated heterocycles. The lowest BCUT2D eigenvalue weighted by Gasteiger charge is -2.33. The molecule has 1 unspecified atom stereocenters. The third-order valence-electron chi connectivity index (χ3n) is 3.32. The summed E-state index contributed by atoms with van der Waals surface area (Å²) >= 11 is 1.48. The molecule has 1 amide bonds. The van der Waals surface area contributed by atoms with Crippen molar-refractivity contribution in [1.29, 1.82) is 0 Å². The Morgan fingerprint density at radius 2 is 2.27 bits per heavy atom. The van der Waals surface area contributed by atoms with Crippen molar-refractivity contribution in [1.82, 2.24) is 4.98 Å². The summed E-state index contributed by atoms with van der Waals surface area (Å²) in [7, 11) is 1.29. The number of carbonyl (C=O) groups excluding carboxylic acids is 2. The van der Waals surface area contributed by atoms with E-state index in [9.17, 15) is 9.59 Å². The molecular formula is C15H14N2O4S. The highest BCUT2D eigenvalue weighted by molar-refractivity contribution is 7.09. The van der Waals surface area contributed by atoms with Crippen LogP contribution in [0.3, 0.4) is 0 Å². The van der Waals surface area contributed by atoms with E-state index in [0.717, 1.165) is 5.01 Å². The molecule has 0 N–H and O–H groups in total. The number of esters is 1. The zero-order valence-corrected chi connectivity index (χ0v) is 12.7. The molecule has 0 bridgehead atoms. The van der Waals surface area contributed by atoms with Crippen molar-refractivity contribution in [3.05, 3.63) is 40.8 Å². The quantitative estimate of drug-likeness (QED) is 0.807. The van der Waals surface area contributed by atoms with Crippen LogP contribution in [0.5, 0.6) is 5.75 Å². The molecule has 1 aliphatic heterocycles. The van der Waals surface area contributed by atoms with Crippen molar-refractivity contribution in [3.63, 3.8) is 0 Å². The highest BCUT2D eigenvalue weighted by atomic mass is 32.1. The van der Waals surface area contributed by atoms with Gasteiger partial charge in [-0.25, -0.2) is 4.98 Å². The monoisotopic (exact) mass is 318 g/mol. The highest BCUT2D eigenvalue weighted by Gasteiger charge is 2.36. The van der Waals surface area contributed by atoms with Crippen molar-refractivity contribution in [3.8, 4) is 5.75 Å². The van der Waals surface area contributed by atoms with E-state index in [1.54, 1.807) is 17.2 Å². The minimum Gasteiger partial charge on any atom is -0.478 e. The summed E-state index contributed by atoms with van der Waals surface area (Å²) in [6.07, 6.45) is 0.711. The molecule has 1 aromatic heterocycles. The number of aromatic nitrogens is 1. The van der Waals surface area contributed by atoms with Gasteiger partial charge in [0.1, 0.15) is 10.8 Å². The van der Waals surface area contributed by atoms with Gasteiger partial charge in [0.25, 0.3) is 5.91 Å². The average molecular weight is 318 g/mol. The van der Waals surface area contributed by atoms with E-state index in [2.05, 4.69) is 9.72 Å². The van der Waals surface area contributed by atoms with Gasteiger partial charge >= 0.3 is 5.97 Å². The fourth-order valence-corrected chi connectivity index (χ4v) is 2.87. The summed E-state index contributed by atoms with van der Waals surface area (Å²) in [6.45, 7) is 0.356. The van der Waals surface area contributed by atoms with E-state index in [1.807, 2.05) is 23.6 Å². The number of para-hydroxylation sites is 2. The zero-order chi connectivity index (χ0) is 15.5. The first-order valence-electron chi connectivity index (χ1n) is 6.71. The summed E-state index contributed by atoms with van der Waals surface area (Å²) in [5, 5.41) is 2.68. The second-order valence-electron chi connectivity index (χ2n) is 4.70. The molecule has 2 heterocycles. The second-order valence-corrected chi connectivity index (χ2v) is 5.68. The van der Waals surface area contributed by atoms with Gasteiger partial charge in [-0.05, 0) is 12.1 Å². The van der Waals surface area contributed by atoms with Crippen LogP contribution in [-0.2, 0) is 20.9 Å². The first-order valence-corrected chi connectivity index (χ1v) is 7.59. The summed E-state index contributed by atoms with van der Waals surface area (Å²) in [4.78, 5) is 29.9. The lowest BCUT2D eigenvalue weighted by molar-refractivity contribution is -0.145. The van der Waals surface area contributed by atoms with Gasteiger partial charge in [-0.15, -0.1) is 11.3 Å². The molecule has 3 rings (SSSR count). The first kappa shape index (κ1) is 14.5. The topological polar surface area (TPSA) is 68.7 Å². The smallest absolute Gasteiger partial charge is 0.309 e. The number of fused-ring (bicyclic) bond motifs is 1. The first-order chi connectivity index (χ1) is 10.7. The number of thiazole rings is 1. The van der Waals surface area contributed by atoms with Crippen LogP contribution in [0.15, 0.2) is 35.8 Å². The standard InChI is InChI=1S/C15H14N2O4S/c1-20-14(18)8-12-15(19)17(9-13-16-6-7-22-13)10-4-2-3-5-11(10)21-12/h2-7,12H,8-9H2,1H3. The van der Waals surface area contributed by atoms with Crippen molar-refractivity contribution in [2.24, 2.45) is 0 Å². The van der Waals surface area contributed by atoms with Crippen molar-refractivity contribution in [2.75, 3.05) is 12.0 Å². The maximum absolute atomic E-state index is 12.6. The normalized spacial score (nSPS) is 16.9. The molecule has 0 radical (unpaired) electrons. The zero-order valence-electron chi connectivity index (χ0n) is 11.9. The maximum Gasteiger partial charge on any atom is 0.309 e. The van der Waals surface area contributed by atoms with Crippen LogP contribution >= 0.6 is 11.3 Å². The fourth-order valence-electron chi connectivity index (χ4n) is 2.27. The van der Waals surface area contributed by atoms with Gasteiger partial charge in [0.15, 0.2) is 6.10 Å². The Hall–Kier alpha value is -2.41. The number of nitrogens with zero attached hydrogens (tertiary/aromatic N) is 2. The minimum atomic E-state index is -0.873. The van der Waals surface area contributed by atoms with Crippen LogP contribution in [0.4, 0.5) is 5.69 Å². The molecule has 1 atom stereocenters. The summed E-state index contributed by atoms with van der Waals surface area (Å²) in [5.41, 5.74) is 0.684. The van der Waals surface area contributed by atoms with Crippen LogP contribution in [0.2, 0.25) is 0 Å². The molecule has 1 aliphatic rings. The molecule has 22 heavy (non-hydrogen) atoms. The number of benzene rings is 1. The van der Waals surface area contributed by atoms with Gasteiger partial charge in [0.05, 0.1) is 25.8 Å². The van der Waals surface area contributed by atoms with Gasteiger partial charge in [-0.3, -0.25) is 14.5 Å². The number of carbonyl (C=O) groups is 2. The number of anilines is 1. The number of hydrogen-bond donors (Lipinski definition) is 0. The average Bonchev–Trinajstić information content (AvgIpc) is 3.04. The van der Waals surface area contributed by atoms with Gasteiger partial charge in [0.2, 0.25) is 0 Å². The third-order valence-corrected chi connectivity index (χ3v) is 4.09. The maximum atomic E-state index is 12.6. The lowest BCUT2D eigenvalue weighted by Crippen LogP contribution is -2.46. The second kappa shape index (κ2) is 6.15. The fraction of sp³-hybridized carbons (Fsp3) is 0.267. The molecule has 0 aliphatic carbocycles. The molecule has 2 aromatic rings. The Kier molecular flexibility index (Phi) is 4.06. The predicted octanol–water partition coefficient (Wildman–Crippen LogP) is 2.00. The Balaban J connectivity index is 1.91. The van der Waals surface area contributed by atoms with Crippen LogP contribution in [0, 0.1) is 0 Å². The number of amides is 1. The summed E-state index contributed by atoms with van der Waals surface area (Å²) in [6, 6.07) is 7.26. The van der Waals surface area contributed by atoms with E-state index in [-0.39, 0.29) is 12.3 Å². The molecule has 6 nitrogen and oxygen atoms in total. The predicted molar refractivity (Wildman–Crippen MR) is 80.8 cm³/mol. The molecule has 7 heteroatoms. The Labute approximate surface area is 131 Å². The van der Waals surface area contributed by atoms with Crippen LogP contribution in [0.1, 0.15) is 11.4 Å². The number of hydrogen-bond acceptors (Lipinski definition) is 6. The molecular weight excluding hydrogens is 304 g/mol. The SMILES string of the molecule is COC(=O)CC1Oc2ccccc2N(Cc2nccs2)C1=O. The largest absolute Gasteiger partial charge is 0.478 e. The molecule has 1 aromatic carbocycles.